The van der Waals surface area contributed by atoms with Gasteiger partial charge in [0.2, 0.25) is 0 Å². The average Bonchev–Trinajstić information content (AvgIpc) is 2.49. The smallest absolute Gasteiger partial charge is 0.410 e. The van der Waals surface area contributed by atoms with E-state index in [0.29, 0.717) is 5.92 Å². The summed E-state index contributed by atoms with van der Waals surface area (Å²) in [6.45, 7) is 7.08. The third-order valence-electron chi connectivity index (χ3n) is 2.33. The summed E-state index contributed by atoms with van der Waals surface area (Å²) in [5, 5.41) is 3.07. The summed E-state index contributed by atoms with van der Waals surface area (Å²) < 4.78 is 5.28. The van der Waals surface area contributed by atoms with Crippen molar-refractivity contribution >= 4 is 17.4 Å². The van der Waals surface area contributed by atoms with E-state index < -0.39 is 5.60 Å². The van der Waals surface area contributed by atoms with Gasteiger partial charge in [-0.2, -0.15) is 0 Å². The minimum Gasteiger partial charge on any atom is -0.444 e. The molecular weight excluding hydrogens is 224 g/mol. The molecule has 4 nitrogen and oxygen atoms in total. The van der Waals surface area contributed by atoms with Gasteiger partial charge >= 0.3 is 6.09 Å². The highest BCUT2D eigenvalue weighted by Crippen LogP contribution is 2.29. The van der Waals surface area contributed by atoms with E-state index >= 15 is 0 Å². The molecule has 88 valence electrons. The van der Waals surface area contributed by atoms with Crippen LogP contribution in [0.1, 0.15) is 31.7 Å². The summed E-state index contributed by atoms with van der Waals surface area (Å²) in [6, 6.07) is 0. The van der Waals surface area contributed by atoms with E-state index in [4.69, 9.17) is 4.74 Å². The maximum absolute atomic E-state index is 11.6. The second kappa shape index (κ2) is 4.05. The first kappa shape index (κ1) is 11.4. The fraction of sp³-hybridized carbons (Fsp3) is 0.636. The fourth-order valence-corrected chi connectivity index (χ4v) is 2.27. The zero-order valence-electron chi connectivity index (χ0n) is 9.77. The van der Waals surface area contributed by atoms with E-state index in [-0.39, 0.29) is 6.09 Å². The number of thiazole rings is 1. The summed E-state index contributed by atoms with van der Waals surface area (Å²) in [7, 11) is 0. The molecule has 2 rings (SSSR count). The maximum atomic E-state index is 11.6. The van der Waals surface area contributed by atoms with Gasteiger partial charge in [-0.25, -0.2) is 9.78 Å². The predicted molar refractivity (Wildman–Crippen MR) is 62.7 cm³/mol. The van der Waals surface area contributed by atoms with Gasteiger partial charge in [-0.3, -0.25) is 0 Å². The van der Waals surface area contributed by atoms with Crippen LogP contribution in [-0.2, 0) is 4.74 Å². The van der Waals surface area contributed by atoms with Crippen molar-refractivity contribution < 1.29 is 9.53 Å². The fourth-order valence-electron chi connectivity index (χ4n) is 1.55. The van der Waals surface area contributed by atoms with Crippen LogP contribution >= 0.6 is 11.3 Å². The Hall–Kier alpha value is -1.10. The summed E-state index contributed by atoms with van der Waals surface area (Å²) >= 11 is 1.64. The van der Waals surface area contributed by atoms with Crippen molar-refractivity contribution in [3.63, 3.8) is 0 Å². The molecule has 1 aromatic heterocycles. The van der Waals surface area contributed by atoms with Crippen molar-refractivity contribution in [1.29, 1.82) is 0 Å². The van der Waals surface area contributed by atoms with Crippen molar-refractivity contribution in [2.75, 3.05) is 13.1 Å². The highest BCUT2D eigenvalue weighted by molar-refractivity contribution is 7.09. The van der Waals surface area contributed by atoms with E-state index in [2.05, 4.69) is 4.98 Å². The lowest BCUT2D eigenvalue weighted by Gasteiger charge is -2.38. The van der Waals surface area contributed by atoms with Crippen LogP contribution in [0.5, 0.6) is 0 Å². The summed E-state index contributed by atoms with van der Waals surface area (Å²) in [5.41, 5.74) is -0.413. The van der Waals surface area contributed by atoms with E-state index in [1.807, 2.05) is 26.2 Å². The Morgan fingerprint density at radius 2 is 2.25 bits per heavy atom. The number of hydrogen-bond donors (Lipinski definition) is 0. The monoisotopic (exact) mass is 240 g/mol. The second-order valence-corrected chi connectivity index (χ2v) is 5.88. The quantitative estimate of drug-likeness (QED) is 0.757. The van der Waals surface area contributed by atoms with Crippen LogP contribution in [0, 0.1) is 0 Å². The van der Waals surface area contributed by atoms with Gasteiger partial charge in [0.15, 0.2) is 0 Å². The molecule has 1 amide bonds. The number of carbonyl (C=O) groups is 1. The third-order valence-corrected chi connectivity index (χ3v) is 3.27. The molecule has 16 heavy (non-hydrogen) atoms. The van der Waals surface area contributed by atoms with Crippen LogP contribution < -0.4 is 0 Å². The Balaban J connectivity index is 1.82. The van der Waals surface area contributed by atoms with Gasteiger partial charge < -0.3 is 9.64 Å². The molecule has 1 aliphatic heterocycles. The topological polar surface area (TPSA) is 42.4 Å². The predicted octanol–water partition coefficient (Wildman–Crippen LogP) is 2.48. The molecule has 0 N–H and O–H groups in total. The SMILES string of the molecule is CC(C)(C)OC(=O)N1CC(c2nccs2)C1. The van der Waals surface area contributed by atoms with E-state index in [1.165, 1.54) is 0 Å². The normalized spacial score (nSPS) is 17.1. The van der Waals surface area contributed by atoms with Crippen molar-refractivity contribution in [2.24, 2.45) is 0 Å². The molecule has 1 aliphatic rings. The van der Waals surface area contributed by atoms with Gasteiger partial charge in [0.1, 0.15) is 5.60 Å². The van der Waals surface area contributed by atoms with Crippen molar-refractivity contribution in [3.05, 3.63) is 16.6 Å². The molecule has 0 saturated carbocycles. The molecule has 0 unspecified atom stereocenters. The number of likely N-dealkylation sites (tertiary alicyclic amines) is 1. The lowest BCUT2D eigenvalue weighted by molar-refractivity contribution is 0.00818. The Bertz CT molecular complexity index is 364. The van der Waals surface area contributed by atoms with E-state index in [9.17, 15) is 4.79 Å². The van der Waals surface area contributed by atoms with Crippen LogP contribution in [0.15, 0.2) is 11.6 Å². The number of carbonyl (C=O) groups excluding carboxylic acids is 1. The number of ether oxygens (including phenoxy) is 1. The first-order chi connectivity index (χ1) is 7.46. The molecule has 1 aromatic rings. The zero-order chi connectivity index (χ0) is 11.8. The molecule has 2 heterocycles. The van der Waals surface area contributed by atoms with Crippen LogP contribution in [0.4, 0.5) is 4.79 Å². The number of hydrogen-bond acceptors (Lipinski definition) is 4. The van der Waals surface area contributed by atoms with Gasteiger partial charge in [-0.1, -0.05) is 0 Å². The van der Waals surface area contributed by atoms with Gasteiger partial charge in [0.05, 0.1) is 5.01 Å². The Kier molecular flexibility index (Phi) is 2.88. The Morgan fingerprint density at radius 3 is 2.75 bits per heavy atom. The van der Waals surface area contributed by atoms with Crippen LogP contribution in [-0.4, -0.2) is 34.7 Å². The van der Waals surface area contributed by atoms with Gasteiger partial charge in [-0.15, -0.1) is 11.3 Å². The Morgan fingerprint density at radius 1 is 1.56 bits per heavy atom. The van der Waals surface area contributed by atoms with Crippen LogP contribution in [0.25, 0.3) is 0 Å². The molecule has 5 heteroatoms. The standard InChI is InChI=1S/C11H16N2O2S/c1-11(2,3)15-10(14)13-6-8(7-13)9-12-4-5-16-9/h4-5,8H,6-7H2,1-3H3. The van der Waals surface area contributed by atoms with Gasteiger partial charge in [0.25, 0.3) is 0 Å². The van der Waals surface area contributed by atoms with Gasteiger partial charge in [-0.05, 0) is 20.8 Å². The molecular formula is C11H16N2O2S. The minimum atomic E-state index is -0.413. The molecule has 0 aromatic carbocycles. The molecule has 0 radical (unpaired) electrons. The molecule has 0 bridgehead atoms. The third kappa shape index (κ3) is 2.52. The summed E-state index contributed by atoms with van der Waals surface area (Å²) in [5.74, 6) is 0.396. The van der Waals surface area contributed by atoms with Crippen molar-refractivity contribution in [2.45, 2.75) is 32.3 Å². The van der Waals surface area contributed by atoms with Crippen molar-refractivity contribution in [3.8, 4) is 0 Å². The number of nitrogens with zero attached hydrogens (tertiary/aromatic N) is 2. The molecule has 0 spiro atoms. The Labute approximate surface area is 99.2 Å². The first-order valence-electron chi connectivity index (χ1n) is 5.33. The number of amides is 1. The molecule has 1 saturated heterocycles. The summed E-state index contributed by atoms with van der Waals surface area (Å²) in [4.78, 5) is 17.6. The highest BCUT2D eigenvalue weighted by atomic mass is 32.1. The zero-order valence-corrected chi connectivity index (χ0v) is 10.6. The average molecular weight is 240 g/mol. The van der Waals surface area contributed by atoms with Gasteiger partial charge in [0, 0.05) is 30.6 Å². The number of rotatable bonds is 1. The summed E-state index contributed by atoms with van der Waals surface area (Å²) in [6.07, 6.45) is 1.58. The van der Waals surface area contributed by atoms with Crippen molar-refractivity contribution in [1.82, 2.24) is 9.88 Å². The van der Waals surface area contributed by atoms with E-state index in [0.717, 1.165) is 18.1 Å². The minimum absolute atomic E-state index is 0.222. The second-order valence-electron chi connectivity index (χ2n) is 4.95. The largest absolute Gasteiger partial charge is 0.444 e. The van der Waals surface area contributed by atoms with Crippen LogP contribution in [0.2, 0.25) is 0 Å². The maximum Gasteiger partial charge on any atom is 0.410 e. The first-order valence-corrected chi connectivity index (χ1v) is 6.21. The number of aromatic nitrogens is 1. The van der Waals surface area contributed by atoms with Crippen LogP contribution in [0.3, 0.4) is 0 Å². The molecule has 0 atom stereocenters. The van der Waals surface area contributed by atoms with E-state index in [1.54, 1.807) is 22.4 Å². The highest BCUT2D eigenvalue weighted by Gasteiger charge is 2.35. The lowest BCUT2D eigenvalue weighted by Crippen LogP contribution is -2.50. The lowest BCUT2D eigenvalue weighted by atomic mass is 10.0. The molecule has 1 fully saturated rings. The molecule has 0 aliphatic carbocycles.